The van der Waals surface area contributed by atoms with Gasteiger partial charge in [-0.15, -0.1) is 0 Å². The average molecular weight is 296 g/mol. The van der Waals surface area contributed by atoms with E-state index >= 15 is 0 Å². The van der Waals surface area contributed by atoms with E-state index in [0.717, 1.165) is 5.56 Å². The lowest BCUT2D eigenvalue weighted by atomic mass is 10.1. The molecule has 0 spiro atoms. The minimum absolute atomic E-state index is 0.00788. The summed E-state index contributed by atoms with van der Waals surface area (Å²) in [5.41, 5.74) is 1.27. The average Bonchev–Trinajstić information content (AvgIpc) is 2.91. The molecule has 0 saturated heterocycles. The van der Waals surface area contributed by atoms with E-state index in [-0.39, 0.29) is 5.76 Å². The summed E-state index contributed by atoms with van der Waals surface area (Å²) >= 11 is 5.33. The first-order chi connectivity index (χ1) is 9.65. The van der Waals surface area contributed by atoms with Crippen LogP contribution in [0.15, 0.2) is 28.8 Å². The van der Waals surface area contributed by atoms with Crippen LogP contribution in [-0.2, 0) is 0 Å². The molecular formula is C14H14ClNO4. The van der Waals surface area contributed by atoms with Crippen LogP contribution in [0.2, 0.25) is 0 Å². The molecule has 1 heterocycles. The topological polar surface area (TPSA) is 61.6 Å². The number of ether oxygens (including phenoxy) is 2. The molecule has 0 fully saturated rings. The van der Waals surface area contributed by atoms with Crippen LogP contribution in [0.5, 0.6) is 11.5 Å². The highest BCUT2D eigenvalue weighted by molar-refractivity contribution is 6.67. The van der Waals surface area contributed by atoms with Crippen molar-refractivity contribution in [2.75, 3.05) is 13.2 Å². The molecule has 0 aliphatic rings. The summed E-state index contributed by atoms with van der Waals surface area (Å²) < 4.78 is 15.9. The molecular weight excluding hydrogens is 282 g/mol. The maximum absolute atomic E-state index is 11.0. The Morgan fingerprint density at radius 1 is 1.20 bits per heavy atom. The molecule has 0 aliphatic carbocycles. The van der Waals surface area contributed by atoms with Crippen molar-refractivity contribution in [3.05, 3.63) is 30.0 Å². The molecule has 0 aliphatic heterocycles. The van der Waals surface area contributed by atoms with E-state index in [1.165, 1.54) is 6.07 Å². The Kier molecular flexibility index (Phi) is 4.63. The number of hydrogen-bond donors (Lipinski definition) is 0. The normalized spacial score (nSPS) is 10.3. The predicted molar refractivity (Wildman–Crippen MR) is 74.5 cm³/mol. The molecule has 0 unspecified atom stereocenters. The molecule has 1 aromatic heterocycles. The van der Waals surface area contributed by atoms with Gasteiger partial charge in [0.1, 0.15) is 5.69 Å². The number of nitrogens with zero attached hydrogens (tertiary/aromatic N) is 1. The third kappa shape index (κ3) is 3.11. The number of aromatic nitrogens is 1. The molecule has 5 nitrogen and oxygen atoms in total. The van der Waals surface area contributed by atoms with E-state index in [2.05, 4.69) is 5.16 Å². The van der Waals surface area contributed by atoms with E-state index in [0.29, 0.717) is 30.4 Å². The lowest BCUT2D eigenvalue weighted by Crippen LogP contribution is -1.98. The van der Waals surface area contributed by atoms with Crippen LogP contribution in [0.1, 0.15) is 24.4 Å². The van der Waals surface area contributed by atoms with Crippen LogP contribution >= 0.6 is 11.6 Å². The van der Waals surface area contributed by atoms with E-state index in [9.17, 15) is 4.79 Å². The first-order valence-corrected chi connectivity index (χ1v) is 6.60. The third-order valence-corrected chi connectivity index (χ3v) is 2.73. The van der Waals surface area contributed by atoms with Gasteiger partial charge in [0.2, 0.25) is 5.76 Å². The summed E-state index contributed by atoms with van der Waals surface area (Å²) in [6.07, 6.45) is 0. The van der Waals surface area contributed by atoms with Gasteiger partial charge in [0, 0.05) is 11.6 Å². The van der Waals surface area contributed by atoms with Gasteiger partial charge in [-0.1, -0.05) is 5.16 Å². The molecule has 6 heteroatoms. The minimum Gasteiger partial charge on any atom is -0.490 e. The van der Waals surface area contributed by atoms with E-state index in [1.54, 1.807) is 12.1 Å². The Morgan fingerprint density at radius 2 is 1.90 bits per heavy atom. The minimum atomic E-state index is -0.681. The SMILES string of the molecule is CCOc1ccc(-c2cc(C(=O)Cl)on2)cc1OCC. The number of hydrogen-bond acceptors (Lipinski definition) is 5. The van der Waals surface area contributed by atoms with Crippen LogP contribution in [-0.4, -0.2) is 23.6 Å². The van der Waals surface area contributed by atoms with Crippen LogP contribution in [0.3, 0.4) is 0 Å². The van der Waals surface area contributed by atoms with E-state index < -0.39 is 5.24 Å². The highest BCUT2D eigenvalue weighted by Crippen LogP contribution is 2.32. The van der Waals surface area contributed by atoms with Crippen molar-refractivity contribution < 1.29 is 18.8 Å². The van der Waals surface area contributed by atoms with Crippen molar-refractivity contribution in [2.24, 2.45) is 0 Å². The molecule has 2 rings (SSSR count). The second kappa shape index (κ2) is 6.43. The lowest BCUT2D eigenvalue weighted by molar-refractivity contribution is 0.104. The van der Waals surface area contributed by atoms with E-state index in [4.69, 9.17) is 25.6 Å². The van der Waals surface area contributed by atoms with Gasteiger partial charge >= 0.3 is 0 Å². The van der Waals surface area contributed by atoms with Crippen LogP contribution < -0.4 is 9.47 Å². The fourth-order valence-corrected chi connectivity index (χ4v) is 1.80. The quantitative estimate of drug-likeness (QED) is 0.763. The second-order valence-corrected chi connectivity index (χ2v) is 4.22. The Hall–Kier alpha value is -2.01. The van der Waals surface area contributed by atoms with Gasteiger partial charge in [-0.25, -0.2) is 0 Å². The molecule has 1 aromatic carbocycles. The van der Waals surface area contributed by atoms with Crippen molar-refractivity contribution in [1.29, 1.82) is 0 Å². The zero-order valence-electron chi connectivity index (χ0n) is 11.2. The Bertz CT molecular complexity index is 609. The van der Waals surface area contributed by atoms with E-state index in [1.807, 2.05) is 19.9 Å². The van der Waals surface area contributed by atoms with Crippen molar-refractivity contribution in [3.8, 4) is 22.8 Å². The largest absolute Gasteiger partial charge is 0.490 e. The third-order valence-electron chi connectivity index (χ3n) is 2.54. The molecule has 0 atom stereocenters. The van der Waals surface area contributed by atoms with Crippen molar-refractivity contribution in [2.45, 2.75) is 13.8 Å². The second-order valence-electron chi connectivity index (χ2n) is 3.88. The van der Waals surface area contributed by atoms with Gasteiger partial charge in [0.05, 0.1) is 13.2 Å². The maximum atomic E-state index is 11.0. The monoisotopic (exact) mass is 295 g/mol. The molecule has 20 heavy (non-hydrogen) atoms. The summed E-state index contributed by atoms with van der Waals surface area (Å²) in [7, 11) is 0. The summed E-state index contributed by atoms with van der Waals surface area (Å²) in [6, 6.07) is 6.88. The molecule has 0 amide bonds. The number of carbonyl (C=O) groups excluding carboxylic acids is 1. The number of carbonyl (C=O) groups is 1. The summed E-state index contributed by atoms with van der Waals surface area (Å²) in [5, 5.41) is 3.13. The van der Waals surface area contributed by atoms with Gasteiger partial charge in [-0.2, -0.15) is 0 Å². The molecule has 0 bridgehead atoms. The predicted octanol–water partition coefficient (Wildman–Crippen LogP) is 3.52. The Morgan fingerprint density at radius 3 is 2.50 bits per heavy atom. The molecule has 0 saturated carbocycles. The van der Waals surface area contributed by atoms with Crippen molar-refractivity contribution in [1.82, 2.24) is 5.16 Å². The first kappa shape index (κ1) is 14.4. The standard InChI is InChI=1S/C14H14ClNO4/c1-3-18-11-6-5-9(7-12(11)19-4-2)10-8-13(14(15)17)20-16-10/h5-8H,3-4H2,1-2H3. The van der Waals surface area contributed by atoms with Gasteiger partial charge in [0.25, 0.3) is 5.24 Å². The highest BCUT2D eigenvalue weighted by atomic mass is 35.5. The first-order valence-electron chi connectivity index (χ1n) is 6.22. The lowest BCUT2D eigenvalue weighted by Gasteiger charge is -2.11. The maximum Gasteiger partial charge on any atom is 0.290 e. The fourth-order valence-electron chi connectivity index (χ4n) is 1.71. The Labute approximate surface area is 121 Å². The molecule has 106 valence electrons. The smallest absolute Gasteiger partial charge is 0.290 e. The van der Waals surface area contributed by atoms with Crippen LogP contribution in [0.4, 0.5) is 0 Å². The highest BCUT2D eigenvalue weighted by Gasteiger charge is 2.14. The van der Waals surface area contributed by atoms with Gasteiger partial charge in [-0.05, 0) is 43.6 Å². The van der Waals surface area contributed by atoms with Crippen molar-refractivity contribution in [3.63, 3.8) is 0 Å². The summed E-state index contributed by atoms with van der Waals surface area (Å²) in [5.74, 6) is 1.29. The van der Waals surface area contributed by atoms with Crippen LogP contribution in [0.25, 0.3) is 11.3 Å². The van der Waals surface area contributed by atoms with Crippen molar-refractivity contribution >= 4 is 16.8 Å². The van der Waals surface area contributed by atoms with Gasteiger partial charge < -0.3 is 14.0 Å². The fraction of sp³-hybridized carbons (Fsp3) is 0.286. The van der Waals surface area contributed by atoms with Crippen LogP contribution in [0, 0.1) is 0 Å². The number of halogens is 1. The number of rotatable bonds is 6. The summed E-state index contributed by atoms with van der Waals surface area (Å²) in [6.45, 7) is 4.87. The summed E-state index contributed by atoms with van der Waals surface area (Å²) in [4.78, 5) is 11.0. The van der Waals surface area contributed by atoms with Gasteiger partial charge in [0.15, 0.2) is 11.5 Å². The molecule has 2 aromatic rings. The Balaban J connectivity index is 2.36. The zero-order chi connectivity index (χ0) is 14.5. The zero-order valence-corrected chi connectivity index (χ0v) is 11.9. The number of benzene rings is 1. The van der Waals surface area contributed by atoms with Gasteiger partial charge in [-0.3, -0.25) is 4.79 Å². The molecule has 0 radical (unpaired) electrons. The molecule has 0 N–H and O–H groups in total.